The Hall–Kier alpha value is -4.15. The van der Waals surface area contributed by atoms with Crippen LogP contribution in [0.25, 0.3) is 11.9 Å². The molecule has 0 atom stereocenters. The molecule has 5 N–H and O–H groups in total. The van der Waals surface area contributed by atoms with Crippen LogP contribution in [0, 0.1) is 13.8 Å². The number of rotatable bonds is 8. The number of hydrogen-bond donors (Lipinski definition) is 4. The summed E-state index contributed by atoms with van der Waals surface area (Å²) in [5.41, 5.74) is 13.2. The van der Waals surface area contributed by atoms with Gasteiger partial charge in [-0.25, -0.2) is 4.79 Å². The summed E-state index contributed by atoms with van der Waals surface area (Å²) in [7, 11) is 0. The topological polar surface area (TPSA) is 247 Å². The smallest absolute Gasteiger partial charge is 0.351 e. The molecule has 22 heteroatoms. The molecule has 0 saturated carbocycles. The lowest BCUT2D eigenvalue weighted by Gasteiger charge is -2.05. The Morgan fingerprint density at radius 2 is 1.51 bits per heavy atom. The molecule has 0 radical (unpaired) electrons. The van der Waals surface area contributed by atoms with Gasteiger partial charge in [-0.05, 0) is 20.1 Å². The first-order chi connectivity index (χ1) is 18.8. The zero-order chi connectivity index (χ0) is 27.7. The van der Waals surface area contributed by atoms with Crippen LogP contribution in [0.3, 0.4) is 0 Å². The van der Waals surface area contributed by atoms with Crippen molar-refractivity contribution in [2.45, 2.75) is 24.8 Å². The van der Waals surface area contributed by atoms with E-state index in [1.54, 1.807) is 13.8 Å². The lowest BCUT2D eigenvalue weighted by atomic mass is 10.4. The second-order valence-electron chi connectivity index (χ2n) is 7.35. The maximum atomic E-state index is 12.5. The highest BCUT2D eigenvalue weighted by molar-refractivity contribution is 7.98. The number of nitrogens with one attached hydrogen (secondary N) is 1. The van der Waals surface area contributed by atoms with Crippen LogP contribution >= 0.6 is 47.5 Å². The molecule has 0 spiro atoms. The molecule has 200 valence electrons. The van der Waals surface area contributed by atoms with E-state index in [2.05, 4.69) is 77.0 Å². The summed E-state index contributed by atoms with van der Waals surface area (Å²) < 4.78 is 10.6. The first-order valence-corrected chi connectivity index (χ1v) is 14.0. The minimum absolute atomic E-state index is 0.0468. The van der Waals surface area contributed by atoms with Crippen LogP contribution in [-0.4, -0.2) is 59.5 Å². The Kier molecular flexibility index (Phi) is 7.40. The van der Waals surface area contributed by atoms with Gasteiger partial charge in [0.25, 0.3) is 5.95 Å². The fourth-order valence-electron chi connectivity index (χ4n) is 3.05. The van der Waals surface area contributed by atoms with Gasteiger partial charge >= 0.3 is 5.69 Å². The summed E-state index contributed by atoms with van der Waals surface area (Å²) in [6.07, 6.45) is 1.86. The van der Waals surface area contributed by atoms with Crippen molar-refractivity contribution in [3.63, 3.8) is 0 Å². The van der Waals surface area contributed by atoms with Gasteiger partial charge in [-0.3, -0.25) is 4.98 Å². The number of nitrogens with two attached hydrogens (primary N) is 2. The first-order valence-electron chi connectivity index (χ1n) is 10.6. The van der Waals surface area contributed by atoms with Crippen LogP contribution in [0.4, 0.5) is 33.3 Å². The molecule has 0 aromatic carbocycles. The fourth-order valence-corrected chi connectivity index (χ4v) is 4.86. The highest BCUT2D eigenvalue weighted by Crippen LogP contribution is 2.32. The van der Waals surface area contributed by atoms with Gasteiger partial charge in [0, 0.05) is 23.1 Å². The zero-order valence-electron chi connectivity index (χ0n) is 20.2. The SMILES string of the molecule is CSc1nsc(N=Nc2c(C)nn(-c3nc(-n4nc(C)c(N=Nc5nc(CS)ns5)c4N)[nH]c(=O)n3)c2N)n1. The van der Waals surface area contributed by atoms with E-state index in [0.717, 1.165) is 27.7 Å². The summed E-state index contributed by atoms with van der Waals surface area (Å²) in [6.45, 7) is 3.35. The van der Waals surface area contributed by atoms with E-state index in [1.165, 1.54) is 16.4 Å². The van der Waals surface area contributed by atoms with Crippen molar-refractivity contribution in [1.29, 1.82) is 0 Å². The third kappa shape index (κ3) is 5.39. The minimum atomic E-state index is -0.743. The highest BCUT2D eigenvalue weighted by Gasteiger charge is 2.20. The van der Waals surface area contributed by atoms with Gasteiger partial charge in [-0.2, -0.15) is 60.9 Å². The lowest BCUT2D eigenvalue weighted by molar-refractivity contribution is 0.732. The normalized spacial score (nSPS) is 11.9. The van der Waals surface area contributed by atoms with E-state index in [9.17, 15) is 4.79 Å². The van der Waals surface area contributed by atoms with Crippen LogP contribution in [0.1, 0.15) is 17.2 Å². The van der Waals surface area contributed by atoms with Crippen molar-refractivity contribution in [2.24, 2.45) is 20.5 Å². The van der Waals surface area contributed by atoms with Gasteiger partial charge < -0.3 is 11.5 Å². The summed E-state index contributed by atoms with van der Waals surface area (Å²) in [5.74, 6) is 0.846. The van der Waals surface area contributed by atoms with Gasteiger partial charge in [-0.1, -0.05) is 11.8 Å². The van der Waals surface area contributed by atoms with Crippen molar-refractivity contribution in [3.05, 3.63) is 27.7 Å². The molecule has 39 heavy (non-hydrogen) atoms. The number of thiol groups is 1. The van der Waals surface area contributed by atoms with E-state index in [0.29, 0.717) is 38.4 Å². The molecule has 0 bridgehead atoms. The number of aromatic nitrogens is 11. The largest absolute Gasteiger partial charge is 0.382 e. The number of anilines is 2. The van der Waals surface area contributed by atoms with Gasteiger partial charge in [0.05, 0.1) is 17.1 Å². The molecular weight excluding hydrogens is 587 g/mol. The van der Waals surface area contributed by atoms with E-state index in [-0.39, 0.29) is 34.9 Å². The van der Waals surface area contributed by atoms with Gasteiger partial charge in [0.2, 0.25) is 21.4 Å². The average molecular weight is 604 g/mol. The highest BCUT2D eigenvalue weighted by atomic mass is 32.2. The standard InChI is InChI=1S/C17H17N17OS4/c1-5-8(25-27-15-20-7(4-36)31-38-15)10(18)33(29-5)12-21-13(23-14(35)22-12)34-11(19)9(6(2)30-34)26-28-16-24-17(37-3)32-39-16/h36H,4,18-19H2,1-3H3,(H,21,22,23,35). The van der Waals surface area contributed by atoms with Crippen molar-refractivity contribution in [1.82, 2.24) is 53.2 Å². The summed E-state index contributed by atoms with van der Waals surface area (Å²) in [5, 5.41) is 26.4. The molecule has 5 aromatic rings. The predicted octanol–water partition coefficient (Wildman–Crippen LogP) is 3.00. The van der Waals surface area contributed by atoms with Gasteiger partial charge in [-0.15, -0.1) is 20.5 Å². The van der Waals surface area contributed by atoms with Crippen LogP contribution < -0.4 is 17.2 Å². The Morgan fingerprint density at radius 1 is 0.897 bits per heavy atom. The van der Waals surface area contributed by atoms with Gasteiger partial charge in [0.1, 0.15) is 0 Å². The van der Waals surface area contributed by atoms with Crippen LogP contribution in [0.2, 0.25) is 0 Å². The average Bonchev–Trinajstić information content (AvgIpc) is 3.69. The van der Waals surface area contributed by atoms with Crippen LogP contribution in [-0.2, 0) is 5.75 Å². The maximum Gasteiger partial charge on any atom is 0.351 e. The molecule has 5 aromatic heterocycles. The van der Waals surface area contributed by atoms with E-state index < -0.39 is 5.69 Å². The monoisotopic (exact) mass is 603 g/mol. The second kappa shape index (κ2) is 10.9. The number of H-pyrrole nitrogens is 1. The lowest BCUT2D eigenvalue weighted by Crippen LogP contribution is -2.22. The molecule has 5 rings (SSSR count). The first kappa shape index (κ1) is 26.5. The Labute approximate surface area is 235 Å². The van der Waals surface area contributed by atoms with Crippen molar-refractivity contribution < 1.29 is 0 Å². The predicted molar refractivity (Wildman–Crippen MR) is 148 cm³/mol. The number of thioether (sulfide) groups is 1. The minimum Gasteiger partial charge on any atom is -0.382 e. The molecule has 0 aliphatic carbocycles. The van der Waals surface area contributed by atoms with Crippen molar-refractivity contribution in [2.75, 3.05) is 17.7 Å². The zero-order valence-corrected chi connectivity index (χ0v) is 23.5. The molecule has 0 saturated heterocycles. The van der Waals surface area contributed by atoms with Crippen molar-refractivity contribution >= 4 is 80.7 Å². The molecule has 18 nitrogen and oxygen atoms in total. The van der Waals surface area contributed by atoms with Crippen LogP contribution in [0.15, 0.2) is 30.4 Å². The Balaban J connectivity index is 1.48. The number of nitrogens with zero attached hydrogens (tertiary/aromatic N) is 14. The maximum absolute atomic E-state index is 12.5. The molecule has 0 unspecified atom stereocenters. The fraction of sp³-hybridized carbons (Fsp3) is 0.235. The number of aryl methyl sites for hydroxylation is 2. The molecule has 0 fully saturated rings. The summed E-state index contributed by atoms with van der Waals surface area (Å²) in [6, 6.07) is 0. The number of azo groups is 2. The van der Waals surface area contributed by atoms with E-state index in [1.807, 2.05) is 6.26 Å². The van der Waals surface area contributed by atoms with Crippen LogP contribution in [0.5, 0.6) is 0 Å². The molecule has 0 aliphatic heterocycles. The van der Waals surface area contributed by atoms with E-state index >= 15 is 0 Å². The molecule has 0 aliphatic rings. The van der Waals surface area contributed by atoms with E-state index in [4.69, 9.17) is 11.5 Å². The number of hydrogen-bond acceptors (Lipinski definition) is 19. The molecular formula is C17H17N17OS4. The van der Waals surface area contributed by atoms with Gasteiger partial charge in [0.15, 0.2) is 28.8 Å². The summed E-state index contributed by atoms with van der Waals surface area (Å²) >= 11 is 7.68. The Bertz CT molecular complexity index is 1650. The Morgan fingerprint density at radius 3 is 2.13 bits per heavy atom. The number of aromatic amines is 1. The quantitative estimate of drug-likeness (QED) is 0.113. The third-order valence-electron chi connectivity index (χ3n) is 4.79. The third-order valence-corrected chi connectivity index (χ3v) is 6.98. The number of nitrogen functional groups attached to an aromatic ring is 2. The second-order valence-corrected chi connectivity index (χ2v) is 9.90. The summed E-state index contributed by atoms with van der Waals surface area (Å²) in [4.78, 5) is 31.6. The van der Waals surface area contributed by atoms with Crippen molar-refractivity contribution in [3.8, 4) is 11.9 Å². The molecule has 0 amide bonds. The molecule has 5 heterocycles.